The number of nitrogens with zero attached hydrogens (tertiary/aromatic N) is 2. The number of alkyl halides is 3. The molecule has 30 heavy (non-hydrogen) atoms. The molecule has 0 radical (unpaired) electrons. The van der Waals surface area contributed by atoms with E-state index in [1.807, 2.05) is 30.5 Å². The molecule has 0 spiro atoms. The SMILES string of the molecule is O=C(C[C@@H]1Cc2ccccc2CN1)Nc1cc2ccccn2n1.O=C(O)C(F)(F)F. The molecule has 0 aliphatic carbocycles. The van der Waals surface area contributed by atoms with Crippen molar-refractivity contribution in [3.05, 3.63) is 65.9 Å². The van der Waals surface area contributed by atoms with Crippen LogP contribution in [-0.2, 0) is 22.6 Å². The van der Waals surface area contributed by atoms with Crippen LogP contribution in [0.2, 0.25) is 0 Å². The lowest BCUT2D eigenvalue weighted by atomic mass is 9.94. The van der Waals surface area contributed by atoms with Crippen molar-refractivity contribution >= 4 is 23.2 Å². The highest BCUT2D eigenvalue weighted by molar-refractivity contribution is 5.90. The molecule has 0 saturated carbocycles. The fraction of sp³-hybridized carbons (Fsp3) is 0.250. The Morgan fingerprint density at radius 1 is 1.17 bits per heavy atom. The number of aromatic nitrogens is 2. The second kappa shape index (κ2) is 8.95. The van der Waals surface area contributed by atoms with Crippen molar-refractivity contribution in [3.63, 3.8) is 0 Å². The zero-order chi connectivity index (χ0) is 21.7. The summed E-state index contributed by atoms with van der Waals surface area (Å²) in [5.74, 6) is -2.17. The molecular weight excluding hydrogens is 401 g/mol. The summed E-state index contributed by atoms with van der Waals surface area (Å²) in [6, 6.07) is 16.2. The van der Waals surface area contributed by atoms with Crippen LogP contribution >= 0.6 is 0 Å². The van der Waals surface area contributed by atoms with Gasteiger partial charge in [-0.1, -0.05) is 30.3 Å². The molecule has 2 aromatic heterocycles. The summed E-state index contributed by atoms with van der Waals surface area (Å²) >= 11 is 0. The summed E-state index contributed by atoms with van der Waals surface area (Å²) in [7, 11) is 0. The molecule has 1 amide bonds. The highest BCUT2D eigenvalue weighted by Gasteiger charge is 2.38. The molecule has 0 saturated heterocycles. The van der Waals surface area contributed by atoms with Crippen LogP contribution in [0.15, 0.2) is 54.7 Å². The quantitative estimate of drug-likeness (QED) is 0.606. The summed E-state index contributed by atoms with van der Waals surface area (Å²) in [5.41, 5.74) is 3.62. The largest absolute Gasteiger partial charge is 0.490 e. The van der Waals surface area contributed by atoms with E-state index in [-0.39, 0.29) is 11.9 Å². The zero-order valence-electron chi connectivity index (χ0n) is 15.7. The number of aliphatic carboxylic acids is 1. The van der Waals surface area contributed by atoms with E-state index in [0.29, 0.717) is 12.2 Å². The number of carboxylic acids is 1. The number of benzene rings is 1. The van der Waals surface area contributed by atoms with Gasteiger partial charge < -0.3 is 15.7 Å². The third-order valence-electron chi connectivity index (χ3n) is 4.48. The number of carboxylic acid groups (broad SMARTS) is 1. The van der Waals surface area contributed by atoms with Crippen molar-refractivity contribution in [2.45, 2.75) is 31.6 Å². The Hall–Kier alpha value is -3.40. The minimum Gasteiger partial charge on any atom is -0.475 e. The lowest BCUT2D eigenvalue weighted by molar-refractivity contribution is -0.192. The predicted octanol–water partition coefficient (Wildman–Crippen LogP) is 3.01. The molecule has 158 valence electrons. The first-order valence-corrected chi connectivity index (χ1v) is 9.07. The van der Waals surface area contributed by atoms with E-state index in [0.717, 1.165) is 18.5 Å². The zero-order valence-corrected chi connectivity index (χ0v) is 15.7. The normalized spacial score (nSPS) is 15.6. The van der Waals surface area contributed by atoms with Crippen molar-refractivity contribution in [2.75, 3.05) is 5.32 Å². The van der Waals surface area contributed by atoms with Crippen molar-refractivity contribution in [1.29, 1.82) is 0 Å². The monoisotopic (exact) mass is 420 g/mol. The Bertz CT molecular complexity index is 1020. The van der Waals surface area contributed by atoms with Gasteiger partial charge in [-0.3, -0.25) is 4.79 Å². The number of fused-ring (bicyclic) bond motifs is 2. The van der Waals surface area contributed by atoms with Gasteiger partial charge in [0.1, 0.15) is 0 Å². The maximum absolute atomic E-state index is 12.3. The number of hydrogen-bond acceptors (Lipinski definition) is 4. The number of pyridine rings is 1. The van der Waals surface area contributed by atoms with E-state index in [4.69, 9.17) is 9.90 Å². The van der Waals surface area contributed by atoms with Crippen molar-refractivity contribution in [2.24, 2.45) is 0 Å². The molecule has 10 heteroatoms. The maximum Gasteiger partial charge on any atom is 0.490 e. The van der Waals surface area contributed by atoms with E-state index >= 15 is 0 Å². The molecule has 1 aliphatic heterocycles. The van der Waals surface area contributed by atoms with Crippen LogP contribution in [0.25, 0.3) is 5.52 Å². The van der Waals surface area contributed by atoms with Gasteiger partial charge in [0.25, 0.3) is 0 Å². The minimum absolute atomic E-state index is 0.00899. The number of nitrogens with one attached hydrogen (secondary N) is 2. The number of anilines is 1. The lowest BCUT2D eigenvalue weighted by Crippen LogP contribution is -2.38. The average Bonchev–Trinajstić information content (AvgIpc) is 3.09. The third-order valence-corrected chi connectivity index (χ3v) is 4.48. The van der Waals surface area contributed by atoms with Gasteiger partial charge in [-0.05, 0) is 29.7 Å². The van der Waals surface area contributed by atoms with Gasteiger partial charge in [-0.2, -0.15) is 18.3 Å². The molecule has 0 fully saturated rings. The standard InChI is InChI=1S/C18H18N4O.C2HF3O2/c23-18(20-17-11-16-7-3-4-8-22(16)21-17)10-15-9-13-5-1-2-6-14(13)12-19-15;3-2(4,5)1(6)7/h1-8,11,15,19H,9-10,12H2,(H,20,21,23);(H,6,7)/t15-;/m0./s1. The fourth-order valence-electron chi connectivity index (χ4n) is 3.08. The number of hydrogen-bond donors (Lipinski definition) is 3. The summed E-state index contributed by atoms with van der Waals surface area (Å²) in [5, 5.41) is 17.8. The number of halogens is 3. The van der Waals surface area contributed by atoms with Crippen LogP contribution in [-0.4, -0.2) is 38.8 Å². The third kappa shape index (κ3) is 5.57. The Morgan fingerprint density at radius 2 is 1.83 bits per heavy atom. The number of carbonyl (C=O) groups excluding carboxylic acids is 1. The van der Waals surface area contributed by atoms with Gasteiger partial charge in [0.05, 0.1) is 5.52 Å². The number of carbonyl (C=O) groups is 2. The average molecular weight is 420 g/mol. The van der Waals surface area contributed by atoms with E-state index < -0.39 is 12.1 Å². The van der Waals surface area contributed by atoms with Gasteiger partial charge in [0, 0.05) is 31.3 Å². The summed E-state index contributed by atoms with van der Waals surface area (Å²) in [4.78, 5) is 21.2. The second-order valence-electron chi connectivity index (χ2n) is 6.71. The van der Waals surface area contributed by atoms with Crippen LogP contribution in [0.4, 0.5) is 19.0 Å². The van der Waals surface area contributed by atoms with E-state index in [9.17, 15) is 18.0 Å². The van der Waals surface area contributed by atoms with Crippen LogP contribution in [0.3, 0.4) is 0 Å². The minimum atomic E-state index is -5.08. The predicted molar refractivity (Wildman–Crippen MR) is 103 cm³/mol. The van der Waals surface area contributed by atoms with E-state index in [1.165, 1.54) is 11.1 Å². The molecule has 0 unspecified atom stereocenters. The summed E-state index contributed by atoms with van der Waals surface area (Å²) < 4.78 is 33.5. The second-order valence-corrected chi connectivity index (χ2v) is 6.71. The highest BCUT2D eigenvalue weighted by Crippen LogP contribution is 2.18. The summed E-state index contributed by atoms with van der Waals surface area (Å²) in [6.45, 7) is 0.822. The molecule has 1 aromatic carbocycles. The van der Waals surface area contributed by atoms with Crippen molar-refractivity contribution in [3.8, 4) is 0 Å². The molecular formula is C20H19F3N4O3. The maximum atomic E-state index is 12.3. The van der Waals surface area contributed by atoms with Gasteiger partial charge in [0.2, 0.25) is 5.91 Å². The first-order chi connectivity index (χ1) is 14.2. The Morgan fingerprint density at radius 3 is 2.50 bits per heavy atom. The molecule has 3 N–H and O–H groups in total. The Balaban J connectivity index is 0.000000318. The van der Waals surface area contributed by atoms with Gasteiger partial charge in [-0.15, -0.1) is 0 Å². The van der Waals surface area contributed by atoms with Crippen molar-refractivity contribution < 1.29 is 27.9 Å². The fourth-order valence-corrected chi connectivity index (χ4v) is 3.08. The van der Waals surface area contributed by atoms with Crippen molar-refractivity contribution in [1.82, 2.24) is 14.9 Å². The molecule has 0 bridgehead atoms. The topological polar surface area (TPSA) is 95.7 Å². The molecule has 3 aromatic rings. The highest BCUT2D eigenvalue weighted by atomic mass is 19.4. The molecule has 1 aliphatic rings. The number of amides is 1. The van der Waals surface area contributed by atoms with Crippen LogP contribution in [0.1, 0.15) is 17.5 Å². The lowest BCUT2D eigenvalue weighted by Gasteiger charge is -2.25. The van der Waals surface area contributed by atoms with Gasteiger partial charge >= 0.3 is 12.1 Å². The van der Waals surface area contributed by atoms with Crippen LogP contribution in [0, 0.1) is 0 Å². The molecule has 1 atom stereocenters. The Kier molecular flexibility index (Phi) is 6.36. The van der Waals surface area contributed by atoms with Crippen LogP contribution < -0.4 is 10.6 Å². The van der Waals surface area contributed by atoms with E-state index in [2.05, 4.69) is 40.0 Å². The molecule has 3 heterocycles. The number of rotatable bonds is 3. The van der Waals surface area contributed by atoms with Crippen LogP contribution in [0.5, 0.6) is 0 Å². The molecule has 7 nitrogen and oxygen atoms in total. The smallest absolute Gasteiger partial charge is 0.475 e. The van der Waals surface area contributed by atoms with Gasteiger partial charge in [-0.25, -0.2) is 9.31 Å². The first-order valence-electron chi connectivity index (χ1n) is 9.07. The van der Waals surface area contributed by atoms with Gasteiger partial charge in [0.15, 0.2) is 5.82 Å². The Labute approximate surface area is 169 Å². The first kappa shape index (κ1) is 21.3. The molecule has 4 rings (SSSR count). The summed E-state index contributed by atoms with van der Waals surface area (Å²) in [6.07, 6.45) is -1.89. The van der Waals surface area contributed by atoms with E-state index in [1.54, 1.807) is 4.52 Å².